The van der Waals surface area contributed by atoms with Crippen LogP contribution < -0.4 is 19.5 Å². The summed E-state index contributed by atoms with van der Waals surface area (Å²) in [6.45, 7) is 3.72. The van der Waals surface area contributed by atoms with E-state index in [1.54, 1.807) is 31.2 Å². The summed E-state index contributed by atoms with van der Waals surface area (Å²) in [5, 5.41) is 2.43. The summed E-state index contributed by atoms with van der Waals surface area (Å²) >= 11 is 5.70. The van der Waals surface area contributed by atoms with Gasteiger partial charge in [0.15, 0.2) is 6.61 Å². The van der Waals surface area contributed by atoms with Gasteiger partial charge in [-0.15, -0.1) is 0 Å². The molecule has 0 aromatic heterocycles. The van der Waals surface area contributed by atoms with E-state index in [4.69, 9.17) is 21.1 Å². The number of anilines is 2. The largest absolute Gasteiger partial charge is 0.494 e. The van der Waals surface area contributed by atoms with Crippen LogP contribution in [0.25, 0.3) is 0 Å². The van der Waals surface area contributed by atoms with E-state index in [0.717, 1.165) is 6.07 Å². The first-order valence-corrected chi connectivity index (χ1v) is 11.8. The predicted octanol–water partition coefficient (Wildman–Crippen LogP) is 5.00. The number of hydrogen-bond donors (Lipinski definition) is 2. The fourth-order valence-corrected chi connectivity index (χ4v) is 4.19. The first kappa shape index (κ1) is 24.3. The van der Waals surface area contributed by atoms with Gasteiger partial charge in [0.25, 0.3) is 15.9 Å². The molecule has 0 radical (unpaired) electrons. The van der Waals surface area contributed by atoms with Gasteiger partial charge in [-0.05, 0) is 80.1 Å². The summed E-state index contributed by atoms with van der Waals surface area (Å²) in [6.07, 6.45) is 0. The van der Waals surface area contributed by atoms with Crippen LogP contribution in [-0.2, 0) is 14.8 Å². The number of amides is 1. The van der Waals surface area contributed by atoms with Crippen molar-refractivity contribution in [2.24, 2.45) is 0 Å². The second-order valence-electron chi connectivity index (χ2n) is 6.96. The summed E-state index contributed by atoms with van der Waals surface area (Å²) in [5.41, 5.74) is 1.25. The minimum absolute atomic E-state index is 0.0478. The molecule has 0 aliphatic carbocycles. The standard InChI is InChI=1S/C23H22ClFN2O5S/c1-3-31-18-7-4-16(5-8-18)27-33(29,30)19-9-11-22(15(2)12-19)32-14-23(28)26-17-6-10-21(25)20(24)13-17/h4-13,27H,3,14H2,1-2H3,(H,26,28). The lowest BCUT2D eigenvalue weighted by molar-refractivity contribution is -0.118. The number of carbonyl (C=O) groups is 1. The summed E-state index contributed by atoms with van der Waals surface area (Å²) in [4.78, 5) is 12.1. The van der Waals surface area contributed by atoms with Gasteiger partial charge in [-0.25, -0.2) is 12.8 Å². The molecule has 0 fully saturated rings. The summed E-state index contributed by atoms with van der Waals surface area (Å²) in [7, 11) is -3.83. The average Bonchev–Trinajstić information content (AvgIpc) is 2.77. The number of nitrogens with one attached hydrogen (secondary N) is 2. The zero-order valence-electron chi connectivity index (χ0n) is 17.9. The molecular formula is C23H22ClFN2O5S. The number of aryl methyl sites for hydroxylation is 1. The maximum absolute atomic E-state index is 13.2. The molecule has 3 aromatic rings. The highest BCUT2D eigenvalue weighted by atomic mass is 35.5. The van der Waals surface area contributed by atoms with Crippen molar-refractivity contribution in [3.8, 4) is 11.5 Å². The second kappa shape index (κ2) is 10.5. The van der Waals surface area contributed by atoms with Gasteiger partial charge in [0.05, 0.1) is 16.5 Å². The van der Waals surface area contributed by atoms with Gasteiger partial charge in [-0.1, -0.05) is 11.6 Å². The molecule has 0 unspecified atom stereocenters. The fourth-order valence-electron chi connectivity index (χ4n) is 2.87. The highest BCUT2D eigenvalue weighted by Gasteiger charge is 2.16. The molecule has 174 valence electrons. The molecule has 0 atom stereocenters. The van der Waals surface area contributed by atoms with Crippen LogP contribution in [0.3, 0.4) is 0 Å². The van der Waals surface area contributed by atoms with Gasteiger partial charge < -0.3 is 14.8 Å². The van der Waals surface area contributed by atoms with Gasteiger partial charge >= 0.3 is 0 Å². The highest BCUT2D eigenvalue weighted by molar-refractivity contribution is 7.92. The Morgan fingerprint density at radius 2 is 1.70 bits per heavy atom. The Labute approximate surface area is 196 Å². The molecule has 0 aliphatic rings. The number of rotatable bonds is 9. The molecule has 0 aliphatic heterocycles. The van der Waals surface area contributed by atoms with E-state index in [1.165, 1.54) is 30.3 Å². The Balaban J connectivity index is 1.62. The molecular weight excluding hydrogens is 471 g/mol. The Hall–Kier alpha value is -3.30. The number of hydrogen-bond acceptors (Lipinski definition) is 5. The predicted molar refractivity (Wildman–Crippen MR) is 125 cm³/mol. The lowest BCUT2D eigenvalue weighted by Crippen LogP contribution is -2.20. The van der Waals surface area contributed by atoms with Gasteiger partial charge in [0.2, 0.25) is 0 Å². The lowest BCUT2D eigenvalue weighted by Gasteiger charge is -2.13. The van der Waals surface area contributed by atoms with E-state index < -0.39 is 21.7 Å². The number of benzene rings is 3. The molecule has 7 nitrogen and oxygen atoms in total. The van der Waals surface area contributed by atoms with Crippen molar-refractivity contribution in [3.63, 3.8) is 0 Å². The van der Waals surface area contributed by atoms with Gasteiger partial charge in [0, 0.05) is 11.4 Å². The molecule has 0 heterocycles. The molecule has 10 heteroatoms. The normalized spacial score (nSPS) is 11.0. The Bertz CT molecular complexity index is 1250. The van der Waals surface area contributed by atoms with E-state index in [-0.39, 0.29) is 16.5 Å². The molecule has 0 bridgehead atoms. The first-order chi connectivity index (χ1) is 15.7. The van der Waals surface area contributed by atoms with Crippen LogP contribution >= 0.6 is 11.6 Å². The van der Waals surface area contributed by atoms with Gasteiger partial charge in [-0.3, -0.25) is 9.52 Å². The lowest BCUT2D eigenvalue weighted by atomic mass is 10.2. The van der Waals surface area contributed by atoms with Crippen molar-refractivity contribution in [3.05, 3.63) is 77.1 Å². The number of halogens is 2. The second-order valence-corrected chi connectivity index (χ2v) is 9.05. The van der Waals surface area contributed by atoms with Gasteiger partial charge in [-0.2, -0.15) is 0 Å². The average molecular weight is 493 g/mol. The third-order valence-corrected chi connectivity index (χ3v) is 6.10. The number of carbonyl (C=O) groups excluding carboxylic acids is 1. The Morgan fingerprint density at radius 1 is 1.00 bits per heavy atom. The highest BCUT2D eigenvalue weighted by Crippen LogP contribution is 2.25. The van der Waals surface area contributed by atoms with E-state index in [9.17, 15) is 17.6 Å². The minimum atomic E-state index is -3.83. The molecule has 3 rings (SSSR count). The molecule has 2 N–H and O–H groups in total. The number of sulfonamides is 1. The van der Waals surface area contributed by atoms with E-state index in [0.29, 0.717) is 35.0 Å². The maximum Gasteiger partial charge on any atom is 0.262 e. The Kier molecular flexibility index (Phi) is 7.78. The molecule has 1 amide bonds. The zero-order chi connectivity index (χ0) is 24.0. The smallest absolute Gasteiger partial charge is 0.262 e. The fraction of sp³-hybridized carbons (Fsp3) is 0.174. The molecule has 33 heavy (non-hydrogen) atoms. The molecule has 0 saturated carbocycles. The van der Waals surface area contributed by atoms with Crippen molar-refractivity contribution < 1.29 is 27.1 Å². The topological polar surface area (TPSA) is 93.7 Å². The van der Waals surface area contributed by atoms with Crippen LogP contribution in [0, 0.1) is 12.7 Å². The van der Waals surface area contributed by atoms with Crippen LogP contribution in [0.4, 0.5) is 15.8 Å². The Morgan fingerprint density at radius 3 is 2.33 bits per heavy atom. The summed E-state index contributed by atoms with van der Waals surface area (Å²) < 4.78 is 52.0. The summed E-state index contributed by atoms with van der Waals surface area (Å²) in [6, 6.07) is 14.7. The third kappa shape index (κ3) is 6.59. The van der Waals surface area contributed by atoms with Crippen LogP contribution in [0.5, 0.6) is 11.5 Å². The summed E-state index contributed by atoms with van der Waals surface area (Å²) in [5.74, 6) is -0.0776. The minimum Gasteiger partial charge on any atom is -0.494 e. The van der Waals surface area contributed by atoms with E-state index >= 15 is 0 Å². The van der Waals surface area contributed by atoms with Crippen molar-refractivity contribution >= 4 is 38.9 Å². The van der Waals surface area contributed by atoms with Crippen LogP contribution in [0.1, 0.15) is 12.5 Å². The van der Waals surface area contributed by atoms with E-state index in [2.05, 4.69) is 10.0 Å². The van der Waals surface area contributed by atoms with Crippen molar-refractivity contribution in [2.75, 3.05) is 23.3 Å². The maximum atomic E-state index is 13.2. The SMILES string of the molecule is CCOc1ccc(NS(=O)(=O)c2ccc(OCC(=O)Nc3ccc(F)c(Cl)c3)c(C)c2)cc1. The third-order valence-electron chi connectivity index (χ3n) is 4.44. The van der Waals surface area contributed by atoms with Crippen LogP contribution in [0.2, 0.25) is 5.02 Å². The van der Waals surface area contributed by atoms with Crippen molar-refractivity contribution in [1.29, 1.82) is 0 Å². The van der Waals surface area contributed by atoms with E-state index in [1.807, 2.05) is 6.92 Å². The van der Waals surface area contributed by atoms with Gasteiger partial charge in [0.1, 0.15) is 17.3 Å². The van der Waals surface area contributed by atoms with Crippen molar-refractivity contribution in [1.82, 2.24) is 0 Å². The quantitative estimate of drug-likeness (QED) is 0.438. The first-order valence-electron chi connectivity index (χ1n) is 9.92. The monoisotopic (exact) mass is 492 g/mol. The molecule has 0 saturated heterocycles. The van der Waals surface area contributed by atoms with Crippen molar-refractivity contribution in [2.45, 2.75) is 18.7 Å². The molecule has 3 aromatic carbocycles. The number of ether oxygens (including phenoxy) is 2. The molecule has 0 spiro atoms. The van der Waals surface area contributed by atoms with Crippen LogP contribution in [-0.4, -0.2) is 27.5 Å². The van der Waals surface area contributed by atoms with Crippen LogP contribution in [0.15, 0.2) is 65.6 Å². The zero-order valence-corrected chi connectivity index (χ0v) is 19.5.